The first-order valence-electron chi connectivity index (χ1n) is 8.69. The summed E-state index contributed by atoms with van der Waals surface area (Å²) in [4.78, 5) is 15.2. The number of aryl methyl sites for hydroxylation is 3. The Morgan fingerprint density at radius 2 is 2.17 bits per heavy atom. The summed E-state index contributed by atoms with van der Waals surface area (Å²) in [7, 11) is 0. The van der Waals surface area contributed by atoms with Crippen LogP contribution in [0.4, 0.5) is 0 Å². The Labute approximate surface area is 142 Å². The minimum atomic E-state index is -0.226. The lowest BCUT2D eigenvalue weighted by Gasteiger charge is -2.37. The van der Waals surface area contributed by atoms with Gasteiger partial charge in [0.05, 0.1) is 30.4 Å². The largest absolute Gasteiger partial charge is 0.361 e. The predicted molar refractivity (Wildman–Crippen MR) is 90.7 cm³/mol. The maximum atomic E-state index is 13.1. The Kier molecular flexibility index (Phi) is 4.73. The number of hydrogen-bond donors (Lipinski definition) is 0. The van der Waals surface area contributed by atoms with Crippen LogP contribution in [0.5, 0.6) is 0 Å². The van der Waals surface area contributed by atoms with Gasteiger partial charge in [-0.3, -0.25) is 9.48 Å². The highest BCUT2D eigenvalue weighted by molar-refractivity contribution is 5.84. The van der Waals surface area contributed by atoms with Crippen LogP contribution in [-0.4, -0.2) is 38.3 Å². The van der Waals surface area contributed by atoms with Crippen LogP contribution < -0.4 is 0 Å². The molecule has 0 bridgehead atoms. The van der Waals surface area contributed by atoms with Crippen molar-refractivity contribution >= 4 is 5.91 Å². The molecule has 0 spiro atoms. The van der Waals surface area contributed by atoms with E-state index in [-0.39, 0.29) is 17.9 Å². The molecular weight excluding hydrogens is 304 g/mol. The standard InChI is InChI=1S/C18H26N4O2/c1-12-9-19-21(10-12)11-16-7-5-6-8-22(16)18(23)13(2)17-14(3)20-24-15(17)4/h9-10,13,16H,5-8,11H2,1-4H3/t13-,16-/m1/s1. The average molecular weight is 330 g/mol. The fourth-order valence-electron chi connectivity index (χ4n) is 3.74. The Morgan fingerprint density at radius 3 is 2.79 bits per heavy atom. The van der Waals surface area contributed by atoms with Gasteiger partial charge >= 0.3 is 0 Å². The van der Waals surface area contributed by atoms with E-state index in [0.29, 0.717) is 0 Å². The monoisotopic (exact) mass is 330 g/mol. The van der Waals surface area contributed by atoms with Crippen LogP contribution in [0.2, 0.25) is 0 Å². The van der Waals surface area contributed by atoms with Gasteiger partial charge in [0.15, 0.2) is 0 Å². The molecule has 3 heterocycles. The van der Waals surface area contributed by atoms with Crippen molar-refractivity contribution < 1.29 is 9.32 Å². The van der Waals surface area contributed by atoms with E-state index in [1.807, 2.05) is 49.7 Å². The highest BCUT2D eigenvalue weighted by Gasteiger charge is 2.32. The quantitative estimate of drug-likeness (QED) is 0.864. The summed E-state index contributed by atoms with van der Waals surface area (Å²) in [5, 5.41) is 8.37. The molecule has 0 unspecified atom stereocenters. The summed E-state index contributed by atoms with van der Waals surface area (Å²) in [5.41, 5.74) is 2.89. The first kappa shape index (κ1) is 16.7. The number of hydrogen-bond acceptors (Lipinski definition) is 4. The third-order valence-corrected chi connectivity index (χ3v) is 4.96. The molecule has 0 saturated carbocycles. The van der Waals surface area contributed by atoms with E-state index in [4.69, 9.17) is 4.52 Å². The van der Waals surface area contributed by atoms with E-state index in [1.54, 1.807) is 0 Å². The number of rotatable bonds is 4. The van der Waals surface area contributed by atoms with Crippen LogP contribution in [0, 0.1) is 20.8 Å². The molecule has 2 atom stereocenters. The van der Waals surface area contributed by atoms with Crippen LogP contribution in [0.25, 0.3) is 0 Å². The van der Waals surface area contributed by atoms with Gasteiger partial charge in [-0.05, 0) is 52.5 Å². The minimum absolute atomic E-state index is 0.165. The van der Waals surface area contributed by atoms with Crippen LogP contribution in [0.3, 0.4) is 0 Å². The fraction of sp³-hybridized carbons (Fsp3) is 0.611. The zero-order valence-electron chi connectivity index (χ0n) is 15.0. The summed E-state index contributed by atoms with van der Waals surface area (Å²) < 4.78 is 7.19. The number of carbonyl (C=O) groups is 1. The van der Waals surface area contributed by atoms with Crippen molar-refractivity contribution in [2.24, 2.45) is 0 Å². The molecule has 3 rings (SSSR count). The lowest BCUT2D eigenvalue weighted by Crippen LogP contribution is -2.47. The summed E-state index contributed by atoms with van der Waals surface area (Å²) in [6.45, 7) is 9.34. The van der Waals surface area contributed by atoms with Crippen molar-refractivity contribution in [3.8, 4) is 0 Å². The third-order valence-electron chi connectivity index (χ3n) is 4.96. The second-order valence-electron chi connectivity index (χ2n) is 6.88. The molecule has 2 aromatic rings. The second kappa shape index (κ2) is 6.79. The highest BCUT2D eigenvalue weighted by Crippen LogP contribution is 2.28. The lowest BCUT2D eigenvalue weighted by atomic mass is 9.94. The van der Waals surface area contributed by atoms with E-state index < -0.39 is 0 Å². The van der Waals surface area contributed by atoms with Gasteiger partial charge in [-0.15, -0.1) is 0 Å². The smallest absolute Gasteiger partial charge is 0.230 e. The number of nitrogens with zero attached hydrogens (tertiary/aromatic N) is 4. The number of likely N-dealkylation sites (tertiary alicyclic amines) is 1. The van der Waals surface area contributed by atoms with E-state index in [1.165, 1.54) is 0 Å². The predicted octanol–water partition coefficient (Wildman–Crippen LogP) is 2.98. The molecule has 0 N–H and O–H groups in total. The average Bonchev–Trinajstić information content (AvgIpc) is 3.12. The summed E-state index contributed by atoms with van der Waals surface area (Å²) >= 11 is 0. The van der Waals surface area contributed by atoms with Crippen LogP contribution in [0.1, 0.15) is 54.7 Å². The first-order valence-corrected chi connectivity index (χ1v) is 8.69. The molecule has 0 radical (unpaired) electrons. The lowest BCUT2D eigenvalue weighted by molar-refractivity contribution is -0.136. The van der Waals surface area contributed by atoms with Crippen molar-refractivity contribution in [2.45, 2.75) is 65.5 Å². The van der Waals surface area contributed by atoms with E-state index in [9.17, 15) is 4.79 Å². The molecule has 1 saturated heterocycles. The molecule has 1 amide bonds. The zero-order valence-corrected chi connectivity index (χ0v) is 15.0. The van der Waals surface area contributed by atoms with Crippen molar-refractivity contribution in [3.05, 3.63) is 35.0 Å². The minimum Gasteiger partial charge on any atom is -0.361 e. The molecule has 1 fully saturated rings. The van der Waals surface area contributed by atoms with Gasteiger partial charge in [-0.1, -0.05) is 5.16 Å². The Hall–Kier alpha value is -2.11. The van der Waals surface area contributed by atoms with Gasteiger partial charge in [0.2, 0.25) is 5.91 Å². The Bertz CT molecular complexity index is 699. The summed E-state index contributed by atoms with van der Waals surface area (Å²) in [6.07, 6.45) is 7.15. The number of carbonyl (C=O) groups excluding carboxylic acids is 1. The topological polar surface area (TPSA) is 64.2 Å². The van der Waals surface area contributed by atoms with Gasteiger partial charge in [-0.25, -0.2) is 0 Å². The fourth-order valence-corrected chi connectivity index (χ4v) is 3.74. The van der Waals surface area contributed by atoms with E-state index in [0.717, 1.165) is 54.9 Å². The molecule has 24 heavy (non-hydrogen) atoms. The van der Waals surface area contributed by atoms with Gasteiger partial charge in [0.25, 0.3) is 0 Å². The molecule has 0 aromatic carbocycles. The van der Waals surface area contributed by atoms with Crippen molar-refractivity contribution in [1.29, 1.82) is 0 Å². The summed E-state index contributed by atoms with van der Waals surface area (Å²) in [5.74, 6) is 0.679. The molecule has 6 heteroatoms. The van der Waals surface area contributed by atoms with Crippen LogP contribution in [0.15, 0.2) is 16.9 Å². The van der Waals surface area contributed by atoms with Crippen molar-refractivity contribution in [2.75, 3.05) is 6.54 Å². The highest BCUT2D eigenvalue weighted by atomic mass is 16.5. The summed E-state index contributed by atoms with van der Waals surface area (Å²) in [6, 6.07) is 0.202. The van der Waals surface area contributed by atoms with Crippen LogP contribution >= 0.6 is 0 Å². The number of aromatic nitrogens is 3. The third kappa shape index (κ3) is 3.23. The Balaban J connectivity index is 1.78. The number of amides is 1. The number of piperidine rings is 1. The van der Waals surface area contributed by atoms with Crippen molar-refractivity contribution in [3.63, 3.8) is 0 Å². The SMILES string of the molecule is Cc1cnn(C[C@H]2CCCCN2C(=O)[C@H](C)c2c(C)noc2C)c1. The van der Waals surface area contributed by atoms with Crippen molar-refractivity contribution in [1.82, 2.24) is 19.8 Å². The van der Waals surface area contributed by atoms with Gasteiger partial charge in [0.1, 0.15) is 5.76 Å². The normalized spacial score (nSPS) is 19.5. The van der Waals surface area contributed by atoms with Gasteiger partial charge in [0, 0.05) is 18.3 Å². The maximum absolute atomic E-state index is 13.1. The zero-order chi connectivity index (χ0) is 17.3. The van der Waals surface area contributed by atoms with Gasteiger partial charge < -0.3 is 9.42 Å². The molecule has 1 aliphatic rings. The molecule has 0 aliphatic carbocycles. The van der Waals surface area contributed by atoms with E-state index in [2.05, 4.69) is 10.3 Å². The maximum Gasteiger partial charge on any atom is 0.230 e. The molecule has 130 valence electrons. The Morgan fingerprint density at radius 1 is 1.38 bits per heavy atom. The van der Waals surface area contributed by atoms with Gasteiger partial charge in [-0.2, -0.15) is 5.10 Å². The molecule has 6 nitrogen and oxygen atoms in total. The second-order valence-corrected chi connectivity index (χ2v) is 6.88. The molecular formula is C18H26N4O2. The van der Waals surface area contributed by atoms with Crippen LogP contribution in [-0.2, 0) is 11.3 Å². The first-order chi connectivity index (χ1) is 11.5. The molecule has 2 aromatic heterocycles. The van der Waals surface area contributed by atoms with E-state index >= 15 is 0 Å². The molecule has 1 aliphatic heterocycles.